The van der Waals surface area contributed by atoms with Gasteiger partial charge in [0.05, 0.1) is 19.8 Å². The van der Waals surface area contributed by atoms with Gasteiger partial charge in [0.15, 0.2) is 5.96 Å². The number of aliphatic hydroxyl groups excluding tert-OH is 1. The highest BCUT2D eigenvalue weighted by Gasteiger charge is 2.07. The van der Waals surface area contributed by atoms with Crippen LogP contribution in [0.25, 0.3) is 0 Å². The Morgan fingerprint density at radius 1 is 1.12 bits per heavy atom. The van der Waals surface area contributed by atoms with Crippen molar-refractivity contribution in [1.82, 2.24) is 10.6 Å². The quantitative estimate of drug-likeness (QED) is 0.489. The zero-order chi connectivity index (χ0) is 18.8. The highest BCUT2D eigenvalue weighted by Crippen LogP contribution is 2.16. The number of rotatable bonds is 8. The minimum absolute atomic E-state index is 0.277. The molecule has 0 aromatic heterocycles. The molecule has 0 saturated heterocycles. The van der Waals surface area contributed by atoms with Crippen LogP contribution in [0.4, 0.5) is 0 Å². The van der Waals surface area contributed by atoms with Gasteiger partial charge in [-0.1, -0.05) is 35.9 Å². The molecule has 2 rings (SSSR count). The van der Waals surface area contributed by atoms with Gasteiger partial charge in [-0.15, -0.1) is 0 Å². The number of nitrogens with one attached hydrogen (secondary N) is 2. The van der Waals surface area contributed by atoms with Crippen molar-refractivity contribution >= 4 is 17.6 Å². The van der Waals surface area contributed by atoms with Crippen molar-refractivity contribution in [3.63, 3.8) is 0 Å². The van der Waals surface area contributed by atoms with Gasteiger partial charge in [-0.3, -0.25) is 4.99 Å². The van der Waals surface area contributed by atoms with Crippen molar-refractivity contribution in [3.05, 3.63) is 64.7 Å². The molecule has 140 valence electrons. The van der Waals surface area contributed by atoms with Crippen molar-refractivity contribution in [3.8, 4) is 5.75 Å². The van der Waals surface area contributed by atoms with Gasteiger partial charge in [0.25, 0.3) is 0 Å². The molecule has 0 heterocycles. The Morgan fingerprint density at radius 2 is 1.81 bits per heavy atom. The Hall–Kier alpha value is -2.24. The molecule has 0 bridgehead atoms. The summed E-state index contributed by atoms with van der Waals surface area (Å²) in [6, 6.07) is 15.2. The molecule has 3 N–H and O–H groups in total. The second kappa shape index (κ2) is 10.7. The number of hydrogen-bond donors (Lipinski definition) is 3. The Morgan fingerprint density at radius 3 is 2.42 bits per heavy atom. The second-order valence-electron chi connectivity index (χ2n) is 5.81. The lowest BCUT2D eigenvalue weighted by Crippen LogP contribution is -2.38. The number of hydrogen-bond acceptors (Lipinski definition) is 3. The fourth-order valence-electron chi connectivity index (χ4n) is 2.43. The van der Waals surface area contributed by atoms with E-state index in [1.54, 1.807) is 19.2 Å². The Balaban J connectivity index is 1.85. The molecule has 0 amide bonds. The predicted octanol–water partition coefficient (Wildman–Crippen LogP) is 3.18. The smallest absolute Gasteiger partial charge is 0.191 e. The molecule has 2 aromatic rings. The molecule has 26 heavy (non-hydrogen) atoms. The molecule has 0 aliphatic heterocycles. The number of ether oxygens (including phenoxy) is 1. The van der Waals surface area contributed by atoms with Gasteiger partial charge >= 0.3 is 0 Å². The summed E-state index contributed by atoms with van der Waals surface area (Å²) in [7, 11) is 1.66. The summed E-state index contributed by atoms with van der Waals surface area (Å²) in [6.07, 6.45) is 0.207. The standard InChI is InChI=1S/C20H26ClN3O2/c1-3-22-20(23-13-12-15-4-10-18(26-2)11-5-15)24-14-19(25)16-6-8-17(21)9-7-16/h4-11,19,25H,3,12-14H2,1-2H3,(H2,22,23,24). The van der Waals surface area contributed by atoms with E-state index in [9.17, 15) is 5.11 Å². The summed E-state index contributed by atoms with van der Waals surface area (Å²) < 4.78 is 5.17. The first-order valence-corrected chi connectivity index (χ1v) is 9.08. The molecular formula is C20H26ClN3O2. The van der Waals surface area contributed by atoms with Crippen LogP contribution >= 0.6 is 11.6 Å². The zero-order valence-electron chi connectivity index (χ0n) is 15.2. The van der Waals surface area contributed by atoms with Crippen LogP contribution in [0.2, 0.25) is 5.02 Å². The van der Waals surface area contributed by atoms with Gasteiger partial charge < -0.3 is 20.5 Å². The molecule has 0 radical (unpaired) electrons. The molecule has 0 saturated carbocycles. The summed E-state index contributed by atoms with van der Waals surface area (Å²) >= 11 is 5.87. The van der Waals surface area contributed by atoms with E-state index in [4.69, 9.17) is 16.3 Å². The summed E-state index contributed by atoms with van der Waals surface area (Å²) in [5, 5.41) is 17.4. The zero-order valence-corrected chi connectivity index (χ0v) is 16.0. The second-order valence-corrected chi connectivity index (χ2v) is 6.25. The Kier molecular flexibility index (Phi) is 8.25. The van der Waals surface area contributed by atoms with Crippen molar-refractivity contribution in [1.29, 1.82) is 0 Å². The van der Waals surface area contributed by atoms with Gasteiger partial charge in [0.1, 0.15) is 5.75 Å². The fourth-order valence-corrected chi connectivity index (χ4v) is 2.55. The molecule has 0 fully saturated rings. The SMILES string of the molecule is CCNC(=NCC(O)c1ccc(Cl)cc1)NCCc1ccc(OC)cc1. The number of nitrogens with zero attached hydrogens (tertiary/aromatic N) is 1. The van der Waals surface area contributed by atoms with E-state index in [1.165, 1.54) is 5.56 Å². The van der Waals surface area contributed by atoms with E-state index < -0.39 is 6.10 Å². The molecule has 0 aliphatic carbocycles. The third-order valence-corrected chi connectivity index (χ3v) is 4.14. The maximum atomic E-state index is 10.3. The van der Waals surface area contributed by atoms with Gasteiger partial charge in [-0.2, -0.15) is 0 Å². The summed E-state index contributed by atoms with van der Waals surface area (Å²) in [5.74, 6) is 1.54. The van der Waals surface area contributed by atoms with Gasteiger partial charge in [0.2, 0.25) is 0 Å². The van der Waals surface area contributed by atoms with Crippen LogP contribution in [0.1, 0.15) is 24.2 Å². The number of aliphatic hydroxyl groups is 1. The number of halogens is 1. The number of benzene rings is 2. The third-order valence-electron chi connectivity index (χ3n) is 3.89. The molecule has 2 aromatic carbocycles. The Bertz CT molecular complexity index is 687. The normalized spacial score (nSPS) is 12.5. The van der Waals surface area contributed by atoms with E-state index in [-0.39, 0.29) is 6.54 Å². The van der Waals surface area contributed by atoms with Crippen LogP contribution in [0.3, 0.4) is 0 Å². The van der Waals surface area contributed by atoms with Crippen molar-refractivity contribution < 1.29 is 9.84 Å². The summed E-state index contributed by atoms with van der Waals surface area (Å²) in [4.78, 5) is 4.46. The van der Waals surface area contributed by atoms with Crippen LogP contribution in [-0.4, -0.2) is 37.8 Å². The summed E-state index contributed by atoms with van der Waals surface area (Å²) in [6.45, 7) is 3.79. The van der Waals surface area contributed by atoms with Crippen LogP contribution in [-0.2, 0) is 6.42 Å². The number of guanidine groups is 1. The minimum atomic E-state index is -0.663. The lowest BCUT2D eigenvalue weighted by Gasteiger charge is -2.13. The molecule has 1 atom stereocenters. The van der Waals surface area contributed by atoms with Gasteiger partial charge in [0, 0.05) is 18.1 Å². The van der Waals surface area contributed by atoms with E-state index in [0.29, 0.717) is 11.0 Å². The highest BCUT2D eigenvalue weighted by molar-refractivity contribution is 6.30. The topological polar surface area (TPSA) is 65.9 Å². The fraction of sp³-hybridized carbons (Fsp3) is 0.350. The van der Waals surface area contributed by atoms with Crippen LogP contribution in [0.5, 0.6) is 5.75 Å². The maximum Gasteiger partial charge on any atom is 0.191 e. The first-order valence-electron chi connectivity index (χ1n) is 8.71. The monoisotopic (exact) mass is 375 g/mol. The number of methoxy groups -OCH3 is 1. The number of aliphatic imine (C=N–C) groups is 1. The maximum absolute atomic E-state index is 10.3. The van der Waals surface area contributed by atoms with E-state index >= 15 is 0 Å². The van der Waals surface area contributed by atoms with Crippen LogP contribution < -0.4 is 15.4 Å². The lowest BCUT2D eigenvalue weighted by molar-refractivity contribution is 0.187. The Labute approximate surface area is 160 Å². The molecule has 5 nitrogen and oxygen atoms in total. The predicted molar refractivity (Wildman–Crippen MR) is 107 cm³/mol. The first kappa shape index (κ1) is 20.1. The largest absolute Gasteiger partial charge is 0.497 e. The molecule has 6 heteroatoms. The van der Waals surface area contributed by atoms with E-state index in [0.717, 1.165) is 30.8 Å². The average Bonchev–Trinajstić information content (AvgIpc) is 2.67. The summed E-state index contributed by atoms with van der Waals surface area (Å²) in [5.41, 5.74) is 2.02. The third kappa shape index (κ3) is 6.58. The van der Waals surface area contributed by atoms with E-state index in [2.05, 4.69) is 27.8 Å². The molecule has 1 unspecified atom stereocenters. The molecule has 0 spiro atoms. The van der Waals surface area contributed by atoms with Crippen LogP contribution in [0.15, 0.2) is 53.5 Å². The van der Waals surface area contributed by atoms with Gasteiger partial charge in [-0.05, 0) is 48.7 Å². The van der Waals surface area contributed by atoms with Gasteiger partial charge in [-0.25, -0.2) is 0 Å². The molecule has 0 aliphatic rings. The minimum Gasteiger partial charge on any atom is -0.497 e. The lowest BCUT2D eigenvalue weighted by atomic mass is 10.1. The average molecular weight is 376 g/mol. The van der Waals surface area contributed by atoms with E-state index in [1.807, 2.05) is 31.2 Å². The first-order chi connectivity index (χ1) is 12.6. The molecular weight excluding hydrogens is 350 g/mol. The van der Waals surface area contributed by atoms with Crippen LogP contribution in [0, 0.1) is 0 Å². The van der Waals surface area contributed by atoms with Crippen molar-refractivity contribution in [2.24, 2.45) is 4.99 Å². The highest BCUT2D eigenvalue weighted by atomic mass is 35.5. The van der Waals surface area contributed by atoms with Crippen molar-refractivity contribution in [2.75, 3.05) is 26.7 Å². The van der Waals surface area contributed by atoms with Crippen molar-refractivity contribution in [2.45, 2.75) is 19.4 Å².